The average molecular weight is 534 g/mol. The van der Waals surface area contributed by atoms with Gasteiger partial charge < -0.3 is 9.47 Å². The monoisotopic (exact) mass is 533 g/mol. The molecule has 0 atom stereocenters. The summed E-state index contributed by atoms with van der Waals surface area (Å²) in [6, 6.07) is 23.6. The molecule has 0 N–H and O–H groups in total. The smallest absolute Gasteiger partial charge is 0.293 e. The van der Waals surface area contributed by atoms with E-state index >= 15 is 0 Å². The second-order valence-electron chi connectivity index (χ2n) is 8.31. The Bertz CT molecular complexity index is 1530. The molecule has 2 amide bonds. The molecule has 1 fully saturated rings. The molecule has 1 heterocycles. The number of imide groups is 1. The van der Waals surface area contributed by atoms with Crippen molar-refractivity contribution in [3.05, 3.63) is 111 Å². The Morgan fingerprint density at radius 1 is 0.973 bits per heavy atom. The molecule has 8 heteroatoms. The summed E-state index contributed by atoms with van der Waals surface area (Å²) in [6.07, 6.45) is 1.61. The van der Waals surface area contributed by atoms with Crippen molar-refractivity contribution in [2.75, 3.05) is 7.11 Å². The number of fused-ring (bicyclic) bond motifs is 1. The van der Waals surface area contributed by atoms with Gasteiger partial charge in [-0.1, -0.05) is 66.2 Å². The Hall–Kier alpha value is -3.81. The number of benzene rings is 4. The maximum absolute atomic E-state index is 14.2. The average Bonchev–Trinajstić information content (AvgIpc) is 3.16. The molecule has 0 saturated carbocycles. The van der Waals surface area contributed by atoms with E-state index in [2.05, 4.69) is 0 Å². The van der Waals surface area contributed by atoms with Gasteiger partial charge in [0.25, 0.3) is 11.1 Å². The quantitative estimate of drug-likeness (QED) is 0.231. The lowest BCUT2D eigenvalue weighted by Crippen LogP contribution is -2.28. The van der Waals surface area contributed by atoms with Gasteiger partial charge in [-0.15, -0.1) is 0 Å². The highest BCUT2D eigenvalue weighted by molar-refractivity contribution is 8.18. The fraction of sp³-hybridized carbons (Fsp3) is 0.103. The maximum Gasteiger partial charge on any atom is 0.293 e. The van der Waals surface area contributed by atoms with E-state index in [9.17, 15) is 14.0 Å². The molecule has 0 bridgehead atoms. The number of nitrogens with zero attached hydrogens (tertiary/aromatic N) is 1. The van der Waals surface area contributed by atoms with E-state index in [1.54, 1.807) is 31.4 Å². The van der Waals surface area contributed by atoms with Crippen LogP contribution in [0.15, 0.2) is 83.8 Å². The fourth-order valence-corrected chi connectivity index (χ4v) is 5.16. The van der Waals surface area contributed by atoms with E-state index < -0.39 is 17.0 Å². The summed E-state index contributed by atoms with van der Waals surface area (Å²) in [4.78, 5) is 26.8. The van der Waals surface area contributed by atoms with Gasteiger partial charge in [0.05, 0.1) is 18.6 Å². The zero-order valence-electron chi connectivity index (χ0n) is 19.7. The standard InChI is InChI=1S/C29H21ClFNO4S/c1-35-25-13-12-18(14-26(25)36-17-20-8-4-7-19-6-2-3-9-21(19)20)15-27-28(33)32(29(34)37-27)16-22-23(30)10-5-11-24(22)31/h2-15H,16-17H2,1H3/b27-15-. The Morgan fingerprint density at radius 3 is 2.57 bits per heavy atom. The van der Waals surface area contributed by atoms with Crippen LogP contribution in [0.2, 0.25) is 5.02 Å². The van der Waals surface area contributed by atoms with Crippen molar-refractivity contribution in [3.8, 4) is 11.5 Å². The minimum absolute atomic E-state index is 0.0984. The second kappa shape index (κ2) is 10.7. The van der Waals surface area contributed by atoms with E-state index in [1.807, 2.05) is 42.5 Å². The number of ether oxygens (including phenoxy) is 2. The summed E-state index contributed by atoms with van der Waals surface area (Å²) in [5.74, 6) is -0.0386. The molecule has 0 aliphatic carbocycles. The third kappa shape index (κ3) is 5.19. The van der Waals surface area contributed by atoms with Gasteiger partial charge in [0.1, 0.15) is 12.4 Å². The largest absolute Gasteiger partial charge is 0.493 e. The van der Waals surface area contributed by atoms with E-state index in [-0.39, 0.29) is 22.0 Å². The van der Waals surface area contributed by atoms with Crippen molar-refractivity contribution in [2.24, 2.45) is 0 Å². The van der Waals surface area contributed by atoms with Gasteiger partial charge in [-0.2, -0.15) is 0 Å². The number of hydrogen-bond acceptors (Lipinski definition) is 5. The highest BCUT2D eigenvalue weighted by Crippen LogP contribution is 2.36. The first kappa shape index (κ1) is 24.9. The number of thioether (sulfide) groups is 1. The van der Waals surface area contributed by atoms with Gasteiger partial charge in [0, 0.05) is 10.6 Å². The zero-order chi connectivity index (χ0) is 25.9. The summed E-state index contributed by atoms with van der Waals surface area (Å²) in [5, 5.41) is 1.89. The van der Waals surface area contributed by atoms with Crippen LogP contribution in [-0.2, 0) is 17.9 Å². The molecule has 4 aromatic carbocycles. The molecular weight excluding hydrogens is 513 g/mol. The van der Waals surface area contributed by atoms with Crippen LogP contribution < -0.4 is 9.47 Å². The van der Waals surface area contributed by atoms with Gasteiger partial charge in [-0.05, 0) is 64.0 Å². The van der Waals surface area contributed by atoms with Crippen molar-refractivity contribution in [1.82, 2.24) is 4.90 Å². The molecule has 186 valence electrons. The Morgan fingerprint density at radius 2 is 1.76 bits per heavy atom. The van der Waals surface area contributed by atoms with Crippen LogP contribution >= 0.6 is 23.4 Å². The van der Waals surface area contributed by atoms with Crippen LogP contribution in [0.25, 0.3) is 16.8 Å². The van der Waals surface area contributed by atoms with E-state index in [0.717, 1.165) is 33.0 Å². The first-order chi connectivity index (χ1) is 17.9. The lowest BCUT2D eigenvalue weighted by Gasteiger charge is -2.14. The number of carbonyl (C=O) groups is 2. The second-order valence-corrected chi connectivity index (χ2v) is 9.71. The summed E-state index contributed by atoms with van der Waals surface area (Å²) >= 11 is 6.88. The van der Waals surface area contributed by atoms with Crippen molar-refractivity contribution < 1.29 is 23.5 Å². The Balaban J connectivity index is 1.37. The Labute approximate surface area is 222 Å². The van der Waals surface area contributed by atoms with Crippen molar-refractivity contribution in [1.29, 1.82) is 0 Å². The predicted octanol–water partition coefficient (Wildman–Crippen LogP) is 7.46. The molecule has 37 heavy (non-hydrogen) atoms. The Kier molecular flexibility index (Phi) is 7.17. The summed E-state index contributed by atoms with van der Waals surface area (Å²) < 4.78 is 25.8. The SMILES string of the molecule is COc1ccc(/C=C2\SC(=O)N(Cc3c(F)cccc3Cl)C2=O)cc1OCc1cccc2ccccc12. The summed E-state index contributed by atoms with van der Waals surface area (Å²) in [7, 11) is 1.55. The maximum atomic E-state index is 14.2. The van der Waals surface area contributed by atoms with Crippen LogP contribution in [0.4, 0.5) is 9.18 Å². The molecule has 0 radical (unpaired) electrons. The van der Waals surface area contributed by atoms with Crippen LogP contribution in [0, 0.1) is 5.82 Å². The minimum Gasteiger partial charge on any atom is -0.493 e. The van der Waals surface area contributed by atoms with E-state index in [1.165, 1.54) is 18.2 Å². The molecule has 4 aromatic rings. The minimum atomic E-state index is -0.571. The van der Waals surface area contributed by atoms with Gasteiger partial charge >= 0.3 is 0 Å². The predicted molar refractivity (Wildman–Crippen MR) is 144 cm³/mol. The molecule has 0 unspecified atom stereocenters. The molecule has 1 aliphatic rings. The van der Waals surface area contributed by atoms with Crippen molar-refractivity contribution >= 4 is 51.4 Å². The van der Waals surface area contributed by atoms with Crippen LogP contribution in [0.1, 0.15) is 16.7 Å². The number of hydrogen-bond donors (Lipinski definition) is 0. The van der Waals surface area contributed by atoms with Gasteiger partial charge in [0.2, 0.25) is 0 Å². The lowest BCUT2D eigenvalue weighted by molar-refractivity contribution is -0.123. The van der Waals surface area contributed by atoms with E-state index in [0.29, 0.717) is 23.7 Å². The number of amides is 2. The summed E-state index contributed by atoms with van der Waals surface area (Å²) in [5.41, 5.74) is 1.78. The van der Waals surface area contributed by atoms with Crippen molar-refractivity contribution in [3.63, 3.8) is 0 Å². The first-order valence-electron chi connectivity index (χ1n) is 11.4. The highest BCUT2D eigenvalue weighted by Gasteiger charge is 2.36. The molecule has 5 rings (SSSR count). The molecular formula is C29H21ClFNO4S. The molecule has 0 spiro atoms. The number of halogens is 2. The van der Waals surface area contributed by atoms with E-state index in [4.69, 9.17) is 21.1 Å². The van der Waals surface area contributed by atoms with Gasteiger partial charge in [0.15, 0.2) is 11.5 Å². The number of methoxy groups -OCH3 is 1. The zero-order valence-corrected chi connectivity index (χ0v) is 21.3. The number of carbonyl (C=O) groups excluding carboxylic acids is 2. The highest BCUT2D eigenvalue weighted by atomic mass is 35.5. The van der Waals surface area contributed by atoms with Gasteiger partial charge in [-0.25, -0.2) is 4.39 Å². The van der Waals surface area contributed by atoms with Crippen LogP contribution in [0.3, 0.4) is 0 Å². The third-order valence-electron chi connectivity index (χ3n) is 6.00. The normalized spacial score (nSPS) is 14.6. The van der Waals surface area contributed by atoms with Crippen LogP contribution in [-0.4, -0.2) is 23.2 Å². The molecule has 1 saturated heterocycles. The van der Waals surface area contributed by atoms with Crippen LogP contribution in [0.5, 0.6) is 11.5 Å². The third-order valence-corrected chi connectivity index (χ3v) is 7.26. The molecule has 0 aromatic heterocycles. The topological polar surface area (TPSA) is 55.8 Å². The summed E-state index contributed by atoms with van der Waals surface area (Å²) in [6.45, 7) is 0.0800. The van der Waals surface area contributed by atoms with Gasteiger partial charge in [-0.3, -0.25) is 14.5 Å². The molecule has 1 aliphatic heterocycles. The fourth-order valence-electron chi connectivity index (χ4n) is 4.10. The first-order valence-corrected chi connectivity index (χ1v) is 12.6. The molecule has 5 nitrogen and oxygen atoms in total. The van der Waals surface area contributed by atoms with Crippen molar-refractivity contribution in [2.45, 2.75) is 13.2 Å². The number of rotatable bonds is 7. The lowest BCUT2D eigenvalue weighted by atomic mass is 10.1.